The van der Waals surface area contributed by atoms with Gasteiger partial charge < -0.3 is 9.84 Å². The zero-order valence-corrected chi connectivity index (χ0v) is 12.3. The van der Waals surface area contributed by atoms with Crippen LogP contribution in [0.5, 0.6) is 5.75 Å². The van der Waals surface area contributed by atoms with Crippen LogP contribution in [0.25, 0.3) is 6.08 Å². The molecule has 1 spiro atoms. The third kappa shape index (κ3) is 3.01. The molecule has 0 atom stereocenters. The first-order valence-electron chi connectivity index (χ1n) is 7.86. The second-order valence-corrected chi connectivity index (χ2v) is 6.19. The molecule has 0 saturated heterocycles. The SMILES string of the molecule is C.CCCOc1cccc2c1C1(CC=C2)CCC(O)CC1. The lowest BCUT2D eigenvalue weighted by Crippen LogP contribution is -2.35. The van der Waals surface area contributed by atoms with Crippen LogP contribution in [-0.4, -0.2) is 17.8 Å². The minimum absolute atomic E-state index is 0. The molecule has 1 aromatic rings. The van der Waals surface area contributed by atoms with Gasteiger partial charge in [0.1, 0.15) is 5.75 Å². The van der Waals surface area contributed by atoms with Crippen LogP contribution in [0, 0.1) is 0 Å². The first-order valence-corrected chi connectivity index (χ1v) is 7.86. The highest BCUT2D eigenvalue weighted by Crippen LogP contribution is 2.49. The lowest BCUT2D eigenvalue weighted by molar-refractivity contribution is 0.0941. The smallest absolute Gasteiger partial charge is 0.123 e. The monoisotopic (exact) mass is 288 g/mol. The first kappa shape index (κ1) is 16.1. The average molecular weight is 288 g/mol. The Kier molecular flexibility index (Phi) is 5.10. The summed E-state index contributed by atoms with van der Waals surface area (Å²) in [7, 11) is 0. The fraction of sp³-hybridized carbons (Fsp3) is 0.579. The normalized spacial score (nSPS) is 27.0. The van der Waals surface area contributed by atoms with E-state index in [1.165, 1.54) is 11.1 Å². The number of fused-ring (bicyclic) bond motifs is 2. The summed E-state index contributed by atoms with van der Waals surface area (Å²) in [5.74, 6) is 1.06. The zero-order chi connectivity index (χ0) is 14.0. The summed E-state index contributed by atoms with van der Waals surface area (Å²) in [6.07, 6.45) is 10.5. The van der Waals surface area contributed by atoms with Crippen LogP contribution >= 0.6 is 0 Å². The Balaban J connectivity index is 0.00000161. The molecule has 0 bridgehead atoms. The maximum atomic E-state index is 9.83. The molecule has 1 saturated carbocycles. The lowest BCUT2D eigenvalue weighted by Gasteiger charge is -2.42. The number of ether oxygens (including phenoxy) is 1. The maximum Gasteiger partial charge on any atom is 0.123 e. The van der Waals surface area contributed by atoms with E-state index in [0.29, 0.717) is 0 Å². The zero-order valence-electron chi connectivity index (χ0n) is 12.3. The van der Waals surface area contributed by atoms with E-state index in [2.05, 4.69) is 37.3 Å². The minimum Gasteiger partial charge on any atom is -0.493 e. The molecule has 0 radical (unpaired) electrons. The van der Waals surface area contributed by atoms with Gasteiger partial charge in [-0.2, -0.15) is 0 Å². The Morgan fingerprint density at radius 2 is 2.05 bits per heavy atom. The van der Waals surface area contributed by atoms with Crippen LogP contribution in [0.4, 0.5) is 0 Å². The van der Waals surface area contributed by atoms with Crippen molar-refractivity contribution in [2.75, 3.05) is 6.61 Å². The van der Waals surface area contributed by atoms with Crippen LogP contribution in [-0.2, 0) is 5.41 Å². The summed E-state index contributed by atoms with van der Waals surface area (Å²) in [5.41, 5.74) is 2.89. The number of rotatable bonds is 3. The molecular formula is C19H28O2. The van der Waals surface area contributed by atoms with Crippen LogP contribution in [0.3, 0.4) is 0 Å². The predicted molar refractivity (Wildman–Crippen MR) is 88.8 cm³/mol. The number of allylic oxidation sites excluding steroid dienone is 1. The number of aliphatic hydroxyl groups is 1. The quantitative estimate of drug-likeness (QED) is 0.873. The first-order chi connectivity index (χ1) is 9.75. The van der Waals surface area contributed by atoms with Crippen LogP contribution < -0.4 is 4.74 Å². The molecule has 0 aromatic heterocycles. The topological polar surface area (TPSA) is 29.5 Å². The van der Waals surface area contributed by atoms with Gasteiger partial charge in [0.25, 0.3) is 0 Å². The van der Waals surface area contributed by atoms with Crippen molar-refractivity contribution in [1.29, 1.82) is 0 Å². The van der Waals surface area contributed by atoms with E-state index >= 15 is 0 Å². The number of benzene rings is 1. The number of hydrogen-bond acceptors (Lipinski definition) is 2. The van der Waals surface area contributed by atoms with Gasteiger partial charge in [0.15, 0.2) is 0 Å². The molecule has 0 aliphatic heterocycles. The van der Waals surface area contributed by atoms with E-state index in [1.54, 1.807) is 0 Å². The van der Waals surface area contributed by atoms with E-state index in [9.17, 15) is 5.11 Å². The second kappa shape index (κ2) is 6.65. The summed E-state index contributed by atoms with van der Waals surface area (Å²) >= 11 is 0. The number of aliphatic hydroxyl groups excluding tert-OH is 1. The summed E-state index contributed by atoms with van der Waals surface area (Å²) in [6.45, 7) is 2.92. The Hall–Kier alpha value is -1.28. The summed E-state index contributed by atoms with van der Waals surface area (Å²) in [5, 5.41) is 9.83. The highest BCUT2D eigenvalue weighted by atomic mass is 16.5. The molecule has 0 heterocycles. The van der Waals surface area contributed by atoms with Crippen molar-refractivity contribution in [3.05, 3.63) is 35.4 Å². The van der Waals surface area contributed by atoms with E-state index < -0.39 is 0 Å². The molecule has 2 heteroatoms. The third-order valence-electron chi connectivity index (χ3n) is 4.77. The van der Waals surface area contributed by atoms with Crippen molar-refractivity contribution in [2.24, 2.45) is 0 Å². The van der Waals surface area contributed by atoms with Crippen molar-refractivity contribution < 1.29 is 9.84 Å². The van der Waals surface area contributed by atoms with Crippen molar-refractivity contribution in [3.8, 4) is 5.75 Å². The average Bonchev–Trinajstić information content (AvgIpc) is 2.48. The van der Waals surface area contributed by atoms with Gasteiger partial charge in [-0.05, 0) is 50.2 Å². The van der Waals surface area contributed by atoms with E-state index in [4.69, 9.17) is 4.74 Å². The van der Waals surface area contributed by atoms with E-state index in [1.807, 2.05) is 0 Å². The standard InChI is InChI=1S/C18H24O2.CH4/c1-2-13-20-16-7-3-5-14-6-4-10-18(17(14)16)11-8-15(19)9-12-18;/h3-7,15,19H,2,8-13H2,1H3;1H4. The number of hydrogen-bond donors (Lipinski definition) is 1. The minimum atomic E-state index is -0.112. The van der Waals surface area contributed by atoms with Crippen molar-refractivity contribution in [1.82, 2.24) is 0 Å². The predicted octanol–water partition coefficient (Wildman–Crippen LogP) is 4.70. The fourth-order valence-corrected chi connectivity index (χ4v) is 3.71. The van der Waals surface area contributed by atoms with Gasteiger partial charge >= 0.3 is 0 Å². The molecule has 21 heavy (non-hydrogen) atoms. The van der Waals surface area contributed by atoms with Crippen LogP contribution in [0.15, 0.2) is 24.3 Å². The third-order valence-corrected chi connectivity index (χ3v) is 4.77. The van der Waals surface area contributed by atoms with Gasteiger partial charge in [-0.1, -0.05) is 38.6 Å². The Morgan fingerprint density at radius 3 is 2.76 bits per heavy atom. The molecule has 1 N–H and O–H groups in total. The van der Waals surface area contributed by atoms with Gasteiger partial charge in [-0.3, -0.25) is 0 Å². The van der Waals surface area contributed by atoms with Crippen molar-refractivity contribution in [2.45, 2.75) is 64.4 Å². The summed E-state index contributed by atoms with van der Waals surface area (Å²) in [4.78, 5) is 0. The highest BCUT2D eigenvalue weighted by Gasteiger charge is 2.40. The van der Waals surface area contributed by atoms with Crippen LogP contribution in [0.2, 0.25) is 0 Å². The van der Waals surface area contributed by atoms with Gasteiger partial charge in [0.2, 0.25) is 0 Å². The molecular weight excluding hydrogens is 260 g/mol. The summed E-state index contributed by atoms with van der Waals surface area (Å²) < 4.78 is 6.01. The Labute approximate surface area is 128 Å². The lowest BCUT2D eigenvalue weighted by atomic mass is 9.63. The molecule has 2 aliphatic rings. The van der Waals surface area contributed by atoms with Crippen LogP contribution in [0.1, 0.15) is 64.0 Å². The molecule has 0 amide bonds. The van der Waals surface area contributed by atoms with E-state index in [-0.39, 0.29) is 18.9 Å². The maximum absolute atomic E-state index is 9.83. The molecule has 3 rings (SSSR count). The molecule has 1 aromatic carbocycles. The Morgan fingerprint density at radius 1 is 1.29 bits per heavy atom. The van der Waals surface area contributed by atoms with Crippen molar-refractivity contribution >= 4 is 6.08 Å². The summed E-state index contributed by atoms with van der Waals surface area (Å²) in [6, 6.07) is 6.39. The van der Waals surface area contributed by atoms with Gasteiger partial charge in [0, 0.05) is 11.0 Å². The van der Waals surface area contributed by atoms with Gasteiger partial charge in [0.05, 0.1) is 12.7 Å². The van der Waals surface area contributed by atoms with Crippen molar-refractivity contribution in [3.63, 3.8) is 0 Å². The molecule has 2 nitrogen and oxygen atoms in total. The Bertz CT molecular complexity index is 496. The fourth-order valence-electron chi connectivity index (χ4n) is 3.71. The second-order valence-electron chi connectivity index (χ2n) is 6.19. The largest absolute Gasteiger partial charge is 0.493 e. The van der Waals surface area contributed by atoms with Gasteiger partial charge in [-0.25, -0.2) is 0 Å². The van der Waals surface area contributed by atoms with Gasteiger partial charge in [-0.15, -0.1) is 0 Å². The highest BCUT2D eigenvalue weighted by molar-refractivity contribution is 5.64. The van der Waals surface area contributed by atoms with E-state index in [0.717, 1.165) is 50.9 Å². The molecule has 0 unspecified atom stereocenters. The molecule has 2 aliphatic carbocycles. The molecule has 1 fully saturated rings. The molecule has 116 valence electrons.